The monoisotopic (exact) mass is 377 g/mol. The molecule has 1 aliphatic carbocycles. The third kappa shape index (κ3) is 4.12. The second-order valence-electron chi connectivity index (χ2n) is 6.60. The van der Waals surface area contributed by atoms with Crippen molar-refractivity contribution in [1.29, 1.82) is 0 Å². The molecule has 2 aromatic rings. The predicted molar refractivity (Wildman–Crippen MR) is 102 cm³/mol. The van der Waals surface area contributed by atoms with Crippen molar-refractivity contribution in [2.75, 3.05) is 18.2 Å². The average Bonchev–Trinajstić information content (AvgIpc) is 2.95. The van der Waals surface area contributed by atoms with Gasteiger partial charge in [-0.1, -0.05) is 12.8 Å². The zero-order valence-electron chi connectivity index (χ0n) is 14.6. The van der Waals surface area contributed by atoms with E-state index < -0.39 is 9.84 Å². The number of anilines is 1. The summed E-state index contributed by atoms with van der Waals surface area (Å²) in [5.41, 5.74) is 2.02. The summed E-state index contributed by atoms with van der Waals surface area (Å²) in [5.74, 6) is -0.0381. The van der Waals surface area contributed by atoms with Crippen molar-refractivity contribution < 1.29 is 13.2 Å². The quantitative estimate of drug-likeness (QED) is 0.810. The molecule has 3 rings (SSSR count). The molecular weight excluding hydrogens is 354 g/mol. The molecule has 1 aromatic carbocycles. The summed E-state index contributed by atoms with van der Waals surface area (Å²) in [6.45, 7) is 0. The van der Waals surface area contributed by atoms with Crippen molar-refractivity contribution in [3.8, 4) is 0 Å². The molecule has 6 heteroatoms. The Morgan fingerprint density at radius 3 is 2.32 bits per heavy atom. The van der Waals surface area contributed by atoms with Gasteiger partial charge in [-0.3, -0.25) is 4.79 Å². The smallest absolute Gasteiger partial charge is 0.268 e. The maximum atomic E-state index is 12.8. The minimum Gasteiger partial charge on any atom is -0.311 e. The maximum absolute atomic E-state index is 12.8. The van der Waals surface area contributed by atoms with Gasteiger partial charge in [0, 0.05) is 23.9 Å². The summed E-state index contributed by atoms with van der Waals surface area (Å²) in [5, 5.41) is 0. The first-order chi connectivity index (χ1) is 11.9. The van der Waals surface area contributed by atoms with Crippen molar-refractivity contribution in [1.82, 2.24) is 0 Å². The Labute approximate surface area is 153 Å². The van der Waals surface area contributed by atoms with Gasteiger partial charge in [-0.2, -0.15) is 0 Å². The molecule has 1 aromatic heterocycles. The number of nitrogens with zero attached hydrogens (tertiary/aromatic N) is 1. The molecule has 4 nitrogen and oxygen atoms in total. The number of amides is 1. The number of carbonyl (C=O) groups is 1. The first-order valence-corrected chi connectivity index (χ1v) is 11.3. The van der Waals surface area contributed by atoms with Gasteiger partial charge in [0.2, 0.25) is 0 Å². The molecule has 0 saturated heterocycles. The largest absolute Gasteiger partial charge is 0.311 e. The summed E-state index contributed by atoms with van der Waals surface area (Å²) in [6, 6.07) is 8.50. The molecule has 0 unspecified atom stereocenters. The molecule has 25 heavy (non-hydrogen) atoms. The van der Waals surface area contributed by atoms with E-state index in [2.05, 4.69) is 6.07 Å². The minimum absolute atomic E-state index is 0.0381. The predicted octanol–water partition coefficient (Wildman–Crippen LogP) is 4.09. The number of rotatable bonds is 3. The lowest BCUT2D eigenvalue weighted by molar-refractivity contribution is 0.0997. The molecule has 0 spiro atoms. The van der Waals surface area contributed by atoms with Crippen LogP contribution in [0, 0.1) is 0 Å². The van der Waals surface area contributed by atoms with Crippen LogP contribution >= 0.6 is 11.3 Å². The van der Waals surface area contributed by atoms with Gasteiger partial charge in [-0.05, 0) is 61.6 Å². The fourth-order valence-corrected chi connectivity index (χ4v) is 5.01. The molecule has 1 amide bonds. The lowest BCUT2D eigenvalue weighted by atomic mass is 10.00. The van der Waals surface area contributed by atoms with Crippen LogP contribution in [0.3, 0.4) is 0 Å². The van der Waals surface area contributed by atoms with Gasteiger partial charge >= 0.3 is 0 Å². The van der Waals surface area contributed by atoms with Crippen LogP contribution in [0.5, 0.6) is 0 Å². The van der Waals surface area contributed by atoms with Crippen LogP contribution in [0.25, 0.3) is 0 Å². The number of benzene rings is 1. The highest BCUT2D eigenvalue weighted by Gasteiger charge is 2.20. The first-order valence-electron chi connectivity index (χ1n) is 8.56. The number of hydrogen-bond donors (Lipinski definition) is 0. The van der Waals surface area contributed by atoms with Gasteiger partial charge < -0.3 is 4.90 Å². The standard InChI is InChI=1S/C19H23NO3S2/c1-20(15-9-11-16(12-10-15)25(2,22)23)19(21)18-13-14-7-5-3-4-6-8-17(14)24-18/h9-13H,3-8H2,1-2H3. The zero-order valence-corrected chi connectivity index (χ0v) is 16.3. The van der Waals surface area contributed by atoms with E-state index in [-0.39, 0.29) is 10.8 Å². The molecule has 0 fully saturated rings. The van der Waals surface area contributed by atoms with Gasteiger partial charge in [0.25, 0.3) is 5.91 Å². The highest BCUT2D eigenvalue weighted by atomic mass is 32.2. The summed E-state index contributed by atoms with van der Waals surface area (Å²) < 4.78 is 23.1. The summed E-state index contributed by atoms with van der Waals surface area (Å²) in [4.78, 5) is 16.8. The van der Waals surface area contributed by atoms with Crippen LogP contribution in [0.4, 0.5) is 5.69 Å². The van der Waals surface area contributed by atoms with Crippen LogP contribution in [0.15, 0.2) is 35.2 Å². The van der Waals surface area contributed by atoms with Crippen LogP contribution < -0.4 is 4.90 Å². The van der Waals surface area contributed by atoms with E-state index in [0.717, 1.165) is 17.7 Å². The summed E-state index contributed by atoms with van der Waals surface area (Å²) in [6.07, 6.45) is 8.24. The van der Waals surface area contributed by atoms with E-state index in [9.17, 15) is 13.2 Å². The fraction of sp³-hybridized carbons (Fsp3) is 0.421. The van der Waals surface area contributed by atoms with Gasteiger partial charge in [0.05, 0.1) is 9.77 Å². The summed E-state index contributed by atoms with van der Waals surface area (Å²) >= 11 is 1.61. The second kappa shape index (κ2) is 7.30. The third-order valence-electron chi connectivity index (χ3n) is 4.66. The molecule has 1 aliphatic rings. The highest BCUT2D eigenvalue weighted by molar-refractivity contribution is 7.90. The molecule has 0 N–H and O–H groups in total. The van der Waals surface area contributed by atoms with Crippen LogP contribution in [-0.4, -0.2) is 27.6 Å². The van der Waals surface area contributed by atoms with Gasteiger partial charge in [-0.15, -0.1) is 11.3 Å². The van der Waals surface area contributed by atoms with E-state index in [1.54, 1.807) is 47.5 Å². The molecule has 0 radical (unpaired) electrons. The lowest BCUT2D eigenvalue weighted by Gasteiger charge is -2.16. The van der Waals surface area contributed by atoms with E-state index in [4.69, 9.17) is 0 Å². The minimum atomic E-state index is -3.23. The molecule has 0 aliphatic heterocycles. The SMILES string of the molecule is CN(C(=O)c1cc2c(s1)CCCCCC2)c1ccc(S(C)(=O)=O)cc1. The van der Waals surface area contributed by atoms with Crippen molar-refractivity contribution in [3.63, 3.8) is 0 Å². The molecule has 0 atom stereocenters. The Kier molecular flexibility index (Phi) is 5.29. The zero-order chi connectivity index (χ0) is 18.0. The highest BCUT2D eigenvalue weighted by Crippen LogP contribution is 2.30. The fourth-order valence-electron chi connectivity index (χ4n) is 3.15. The topological polar surface area (TPSA) is 54.5 Å². The van der Waals surface area contributed by atoms with Gasteiger partial charge in [0.1, 0.15) is 0 Å². The van der Waals surface area contributed by atoms with E-state index in [1.807, 2.05) is 0 Å². The normalized spacial score (nSPS) is 15.1. The van der Waals surface area contributed by atoms with Crippen molar-refractivity contribution in [3.05, 3.63) is 45.6 Å². The summed E-state index contributed by atoms with van der Waals surface area (Å²) in [7, 11) is -1.50. The van der Waals surface area contributed by atoms with Crippen LogP contribution in [0.1, 0.15) is 45.8 Å². The molecule has 1 heterocycles. The Bertz CT molecular complexity index is 841. The van der Waals surface area contributed by atoms with E-state index >= 15 is 0 Å². The Hall–Kier alpha value is -1.66. The van der Waals surface area contributed by atoms with Crippen molar-refractivity contribution >= 4 is 32.8 Å². The second-order valence-corrected chi connectivity index (χ2v) is 9.76. The average molecular weight is 378 g/mol. The number of fused-ring (bicyclic) bond motifs is 1. The third-order valence-corrected chi connectivity index (χ3v) is 7.02. The Morgan fingerprint density at radius 1 is 1.04 bits per heavy atom. The lowest BCUT2D eigenvalue weighted by Crippen LogP contribution is -2.25. The first kappa shape index (κ1) is 18.1. The molecular formula is C19H23NO3S2. The van der Waals surface area contributed by atoms with E-state index in [0.29, 0.717) is 5.69 Å². The molecule has 0 saturated carbocycles. The van der Waals surface area contributed by atoms with Crippen LogP contribution in [-0.2, 0) is 22.7 Å². The van der Waals surface area contributed by atoms with Crippen LogP contribution in [0.2, 0.25) is 0 Å². The molecule has 134 valence electrons. The number of carbonyl (C=O) groups excluding carboxylic acids is 1. The number of aryl methyl sites for hydroxylation is 2. The number of sulfone groups is 1. The molecule has 0 bridgehead atoms. The number of thiophene rings is 1. The van der Waals surface area contributed by atoms with Gasteiger partial charge in [0.15, 0.2) is 9.84 Å². The van der Waals surface area contributed by atoms with Crippen molar-refractivity contribution in [2.45, 2.75) is 43.4 Å². The number of hydrogen-bond acceptors (Lipinski definition) is 4. The maximum Gasteiger partial charge on any atom is 0.268 e. The Balaban J connectivity index is 1.81. The van der Waals surface area contributed by atoms with Gasteiger partial charge in [-0.25, -0.2) is 8.42 Å². The Morgan fingerprint density at radius 2 is 1.68 bits per heavy atom. The van der Waals surface area contributed by atoms with Crippen molar-refractivity contribution in [2.24, 2.45) is 0 Å². The van der Waals surface area contributed by atoms with E-state index in [1.165, 1.54) is 42.4 Å².